The van der Waals surface area contributed by atoms with Crippen molar-refractivity contribution < 1.29 is 13.9 Å². The molecule has 3 heterocycles. The second kappa shape index (κ2) is 7.96. The van der Waals surface area contributed by atoms with E-state index < -0.39 is 0 Å². The Bertz CT molecular complexity index is 1300. The molecule has 0 saturated carbocycles. The van der Waals surface area contributed by atoms with Gasteiger partial charge >= 0.3 is 0 Å². The van der Waals surface area contributed by atoms with Gasteiger partial charge in [-0.15, -0.1) is 0 Å². The Morgan fingerprint density at radius 3 is 2.65 bits per heavy atom. The highest BCUT2D eigenvalue weighted by Crippen LogP contribution is 2.37. The first-order valence-electron chi connectivity index (χ1n) is 10.5. The summed E-state index contributed by atoms with van der Waals surface area (Å²) in [4.78, 5) is 13.3. The summed E-state index contributed by atoms with van der Waals surface area (Å²) >= 11 is 0. The lowest BCUT2D eigenvalue weighted by molar-refractivity contribution is 0.287. The Morgan fingerprint density at radius 2 is 1.84 bits per heavy atom. The third-order valence-corrected chi connectivity index (χ3v) is 5.59. The SMILES string of the molecule is CCOc1cc2c(cc1OCC)-n1cccc1[C@H](c1coc3ccccc3c1=O)NC2. The zero-order chi connectivity index (χ0) is 21.4. The summed E-state index contributed by atoms with van der Waals surface area (Å²) in [6.07, 6.45) is 3.58. The normalized spacial score (nSPS) is 15.2. The van der Waals surface area contributed by atoms with E-state index in [0.717, 1.165) is 22.7 Å². The third-order valence-electron chi connectivity index (χ3n) is 5.59. The van der Waals surface area contributed by atoms with Crippen molar-refractivity contribution in [3.05, 3.63) is 88.0 Å². The maximum absolute atomic E-state index is 13.3. The van der Waals surface area contributed by atoms with Gasteiger partial charge in [0.25, 0.3) is 0 Å². The molecule has 4 aromatic rings. The monoisotopic (exact) mass is 416 g/mol. The van der Waals surface area contributed by atoms with Crippen LogP contribution in [0.4, 0.5) is 0 Å². The summed E-state index contributed by atoms with van der Waals surface area (Å²) < 4.78 is 19.6. The summed E-state index contributed by atoms with van der Waals surface area (Å²) in [5.41, 5.74) is 4.19. The van der Waals surface area contributed by atoms with Gasteiger partial charge in [0.05, 0.1) is 35.9 Å². The molecule has 2 aromatic carbocycles. The maximum atomic E-state index is 13.3. The van der Waals surface area contributed by atoms with Crippen LogP contribution in [-0.2, 0) is 6.54 Å². The number of nitrogens with zero attached hydrogens (tertiary/aromatic N) is 1. The van der Waals surface area contributed by atoms with Gasteiger partial charge in [0, 0.05) is 24.5 Å². The average Bonchev–Trinajstić information content (AvgIpc) is 3.21. The van der Waals surface area contributed by atoms with Crippen molar-refractivity contribution in [3.8, 4) is 17.2 Å². The predicted octanol–water partition coefficient (Wildman–Crippen LogP) is 4.57. The largest absolute Gasteiger partial charge is 0.490 e. The van der Waals surface area contributed by atoms with Gasteiger partial charge in [0.15, 0.2) is 16.9 Å². The standard InChI is InChI=1S/C25H24N2O4/c1-3-29-22-12-16-14-26-24(18-15-31-21-10-6-5-8-17(21)25(18)28)19-9-7-11-27(19)20(16)13-23(22)30-4-2/h5-13,15,24,26H,3-4,14H2,1-2H3/t24-/m0/s1. The zero-order valence-corrected chi connectivity index (χ0v) is 17.6. The minimum atomic E-state index is -0.311. The van der Waals surface area contributed by atoms with Crippen LogP contribution in [0.3, 0.4) is 0 Å². The molecule has 5 rings (SSSR count). The molecule has 1 aliphatic heterocycles. The van der Waals surface area contributed by atoms with Crippen molar-refractivity contribution >= 4 is 11.0 Å². The van der Waals surface area contributed by atoms with Crippen LogP contribution < -0.4 is 20.2 Å². The van der Waals surface area contributed by atoms with Crippen LogP contribution >= 0.6 is 0 Å². The first-order chi connectivity index (χ1) is 15.2. The van der Waals surface area contributed by atoms with Crippen LogP contribution in [-0.4, -0.2) is 17.8 Å². The zero-order valence-electron chi connectivity index (χ0n) is 17.6. The Morgan fingerprint density at radius 1 is 1.06 bits per heavy atom. The van der Waals surface area contributed by atoms with Crippen molar-refractivity contribution in [2.75, 3.05) is 13.2 Å². The average molecular weight is 416 g/mol. The Kier molecular flexibility index (Phi) is 5.00. The molecule has 6 heteroatoms. The van der Waals surface area contributed by atoms with Gasteiger partial charge in [-0.3, -0.25) is 4.79 Å². The van der Waals surface area contributed by atoms with Gasteiger partial charge in [-0.1, -0.05) is 12.1 Å². The number of benzene rings is 2. The van der Waals surface area contributed by atoms with E-state index in [9.17, 15) is 4.79 Å². The van der Waals surface area contributed by atoms with Crippen LogP contribution in [0.1, 0.15) is 36.7 Å². The third kappa shape index (κ3) is 3.29. The van der Waals surface area contributed by atoms with E-state index in [1.165, 1.54) is 0 Å². The highest BCUT2D eigenvalue weighted by molar-refractivity contribution is 5.76. The maximum Gasteiger partial charge on any atom is 0.197 e. The van der Waals surface area contributed by atoms with Crippen LogP contribution in [0.5, 0.6) is 11.5 Å². The van der Waals surface area contributed by atoms with Gasteiger partial charge < -0.3 is 23.8 Å². The van der Waals surface area contributed by atoms with E-state index in [1.807, 2.05) is 62.5 Å². The van der Waals surface area contributed by atoms with E-state index in [0.29, 0.717) is 42.0 Å². The number of nitrogens with one attached hydrogen (secondary N) is 1. The fraction of sp³-hybridized carbons (Fsp3) is 0.240. The van der Waals surface area contributed by atoms with Crippen molar-refractivity contribution in [2.45, 2.75) is 26.4 Å². The first-order valence-corrected chi connectivity index (χ1v) is 10.5. The molecule has 158 valence electrons. The lowest BCUT2D eigenvalue weighted by Crippen LogP contribution is -2.26. The van der Waals surface area contributed by atoms with E-state index >= 15 is 0 Å². The number of para-hydroxylation sites is 1. The number of aromatic nitrogens is 1. The fourth-order valence-corrected chi connectivity index (χ4v) is 4.22. The van der Waals surface area contributed by atoms with Crippen LogP contribution in [0.25, 0.3) is 16.7 Å². The number of hydrogen-bond donors (Lipinski definition) is 1. The predicted molar refractivity (Wildman–Crippen MR) is 119 cm³/mol. The van der Waals surface area contributed by atoms with Gasteiger partial charge in [-0.25, -0.2) is 0 Å². The van der Waals surface area contributed by atoms with Crippen molar-refractivity contribution in [2.24, 2.45) is 0 Å². The van der Waals surface area contributed by atoms with Gasteiger partial charge in [0.2, 0.25) is 0 Å². The number of hydrogen-bond acceptors (Lipinski definition) is 5. The summed E-state index contributed by atoms with van der Waals surface area (Å²) in [6, 6.07) is 15.1. The van der Waals surface area contributed by atoms with E-state index in [2.05, 4.69) is 9.88 Å². The molecular formula is C25H24N2O4. The van der Waals surface area contributed by atoms with E-state index in [4.69, 9.17) is 13.9 Å². The van der Waals surface area contributed by atoms with Crippen molar-refractivity contribution in [1.82, 2.24) is 9.88 Å². The van der Waals surface area contributed by atoms with Gasteiger partial charge in [-0.05, 0) is 49.7 Å². The minimum absolute atomic E-state index is 0.0249. The van der Waals surface area contributed by atoms with Gasteiger partial charge in [0.1, 0.15) is 11.8 Å². The van der Waals surface area contributed by atoms with E-state index in [-0.39, 0.29) is 11.5 Å². The second-order valence-corrected chi connectivity index (χ2v) is 7.43. The Hall–Kier alpha value is -3.51. The highest BCUT2D eigenvalue weighted by Gasteiger charge is 2.27. The molecular weight excluding hydrogens is 392 g/mol. The molecule has 0 bridgehead atoms. The molecule has 2 aromatic heterocycles. The van der Waals surface area contributed by atoms with Gasteiger partial charge in [-0.2, -0.15) is 0 Å². The first kappa shape index (κ1) is 19.5. The highest BCUT2D eigenvalue weighted by atomic mass is 16.5. The summed E-state index contributed by atoms with van der Waals surface area (Å²) in [5, 5.41) is 4.13. The van der Waals surface area contributed by atoms with Crippen LogP contribution in [0, 0.1) is 0 Å². The summed E-state index contributed by atoms with van der Waals surface area (Å²) in [5.74, 6) is 1.44. The van der Waals surface area contributed by atoms with Crippen molar-refractivity contribution in [3.63, 3.8) is 0 Å². The molecule has 6 nitrogen and oxygen atoms in total. The van der Waals surface area contributed by atoms with E-state index in [1.54, 1.807) is 12.3 Å². The lowest BCUT2D eigenvalue weighted by Gasteiger charge is -2.17. The molecule has 0 aliphatic carbocycles. The van der Waals surface area contributed by atoms with Crippen LogP contribution in [0.15, 0.2) is 70.2 Å². The number of fused-ring (bicyclic) bond motifs is 4. The molecule has 0 radical (unpaired) electrons. The number of rotatable bonds is 5. The van der Waals surface area contributed by atoms with Crippen molar-refractivity contribution in [1.29, 1.82) is 0 Å². The molecule has 1 N–H and O–H groups in total. The number of ether oxygens (including phenoxy) is 2. The Labute approximate surface area is 180 Å². The molecule has 0 spiro atoms. The second-order valence-electron chi connectivity index (χ2n) is 7.43. The lowest BCUT2D eigenvalue weighted by atomic mass is 10.0. The van der Waals surface area contributed by atoms with Crippen LogP contribution in [0.2, 0.25) is 0 Å². The topological polar surface area (TPSA) is 65.6 Å². The molecule has 0 amide bonds. The molecule has 0 saturated heterocycles. The molecule has 0 unspecified atom stereocenters. The quantitative estimate of drug-likeness (QED) is 0.516. The smallest absolute Gasteiger partial charge is 0.197 e. The minimum Gasteiger partial charge on any atom is -0.490 e. The molecule has 31 heavy (non-hydrogen) atoms. The molecule has 0 fully saturated rings. The molecule has 1 aliphatic rings. The Balaban J connectivity index is 1.65. The summed E-state index contributed by atoms with van der Waals surface area (Å²) in [6.45, 7) is 5.59. The summed E-state index contributed by atoms with van der Waals surface area (Å²) in [7, 11) is 0. The molecule has 1 atom stereocenters. The fourth-order valence-electron chi connectivity index (χ4n) is 4.22.